The predicted octanol–water partition coefficient (Wildman–Crippen LogP) is 1.13. The van der Waals surface area contributed by atoms with Crippen LogP contribution >= 0.6 is 0 Å². The average molecular weight is 192 g/mol. The molecular weight excluding hydrogens is 178 g/mol. The van der Waals surface area contributed by atoms with E-state index in [0.29, 0.717) is 12.2 Å². The Balaban J connectivity index is 2.72. The number of hydrogen-bond acceptors (Lipinski definition) is 2. The summed E-state index contributed by atoms with van der Waals surface area (Å²) in [6.45, 7) is 0. The lowest BCUT2D eigenvalue weighted by Gasteiger charge is -2.10. The summed E-state index contributed by atoms with van der Waals surface area (Å²) >= 11 is 0. The molecule has 14 heavy (non-hydrogen) atoms. The minimum atomic E-state index is 0.0817. The van der Waals surface area contributed by atoms with Crippen LogP contribution in [-0.4, -0.2) is 32.0 Å². The van der Waals surface area contributed by atoms with E-state index >= 15 is 0 Å². The fourth-order valence-corrected chi connectivity index (χ4v) is 1.05. The van der Waals surface area contributed by atoms with Crippen molar-refractivity contribution in [3.05, 3.63) is 29.8 Å². The van der Waals surface area contributed by atoms with Crippen molar-refractivity contribution in [1.29, 1.82) is 0 Å². The molecule has 0 aliphatic rings. The number of rotatable bonds is 3. The van der Waals surface area contributed by atoms with Gasteiger partial charge in [0, 0.05) is 20.2 Å². The van der Waals surface area contributed by atoms with E-state index in [2.05, 4.69) is 6.07 Å². The van der Waals surface area contributed by atoms with Gasteiger partial charge in [-0.3, -0.25) is 4.79 Å². The first-order chi connectivity index (χ1) is 6.63. The maximum absolute atomic E-state index is 11.4. The molecule has 3 heteroatoms. The Labute approximate surface area is 84.3 Å². The molecular formula is C11H14NO2. The summed E-state index contributed by atoms with van der Waals surface area (Å²) in [6, 6.07) is 8.36. The average Bonchev–Trinajstić information content (AvgIpc) is 2.18. The standard InChI is InChI=1S/C11H14NO2/c1-12(2)11(13)8-9-5-4-6-10(7-9)14-3/h4-5,7H,8H2,1-3H3. The molecule has 1 aromatic carbocycles. The maximum Gasteiger partial charge on any atom is 0.226 e. The first-order valence-corrected chi connectivity index (χ1v) is 4.38. The summed E-state index contributed by atoms with van der Waals surface area (Å²) < 4.78 is 5.02. The van der Waals surface area contributed by atoms with Crippen LogP contribution in [0.2, 0.25) is 0 Å². The number of carbonyl (C=O) groups excluding carboxylic acids is 1. The molecule has 1 amide bonds. The van der Waals surface area contributed by atoms with E-state index in [0.717, 1.165) is 5.56 Å². The van der Waals surface area contributed by atoms with Crippen molar-refractivity contribution in [2.75, 3.05) is 21.2 Å². The lowest BCUT2D eigenvalue weighted by atomic mass is 10.1. The molecule has 3 nitrogen and oxygen atoms in total. The molecule has 0 unspecified atom stereocenters. The monoisotopic (exact) mass is 192 g/mol. The lowest BCUT2D eigenvalue weighted by Crippen LogP contribution is -2.23. The van der Waals surface area contributed by atoms with E-state index in [1.807, 2.05) is 12.1 Å². The molecule has 1 rings (SSSR count). The first-order valence-electron chi connectivity index (χ1n) is 4.38. The number of hydrogen-bond donors (Lipinski definition) is 0. The Hall–Kier alpha value is -1.51. The van der Waals surface area contributed by atoms with Crippen LogP contribution in [0.3, 0.4) is 0 Å². The number of benzene rings is 1. The highest BCUT2D eigenvalue weighted by Crippen LogP contribution is 2.12. The second-order valence-corrected chi connectivity index (χ2v) is 3.23. The van der Waals surface area contributed by atoms with Gasteiger partial charge >= 0.3 is 0 Å². The highest BCUT2D eigenvalue weighted by Gasteiger charge is 2.05. The van der Waals surface area contributed by atoms with Gasteiger partial charge in [-0.1, -0.05) is 12.1 Å². The van der Waals surface area contributed by atoms with E-state index in [1.54, 1.807) is 32.2 Å². The third-order valence-electron chi connectivity index (χ3n) is 1.91. The third-order valence-corrected chi connectivity index (χ3v) is 1.91. The molecule has 0 fully saturated rings. The van der Waals surface area contributed by atoms with E-state index in [9.17, 15) is 4.79 Å². The van der Waals surface area contributed by atoms with E-state index in [1.165, 1.54) is 0 Å². The third kappa shape index (κ3) is 2.76. The minimum Gasteiger partial charge on any atom is -0.496 e. The Morgan fingerprint density at radius 1 is 1.57 bits per heavy atom. The minimum absolute atomic E-state index is 0.0817. The van der Waals surface area contributed by atoms with Crippen molar-refractivity contribution in [2.24, 2.45) is 0 Å². The molecule has 0 N–H and O–H groups in total. The molecule has 0 bridgehead atoms. The molecule has 0 saturated heterocycles. The molecule has 0 aliphatic carbocycles. The number of likely N-dealkylation sites (N-methyl/N-ethyl adjacent to an activating group) is 1. The summed E-state index contributed by atoms with van der Waals surface area (Å²) in [5.41, 5.74) is 0.944. The van der Waals surface area contributed by atoms with Crippen molar-refractivity contribution >= 4 is 5.91 Å². The number of methoxy groups -OCH3 is 1. The Morgan fingerprint density at radius 3 is 2.86 bits per heavy atom. The molecule has 0 aliphatic heterocycles. The van der Waals surface area contributed by atoms with Crippen LogP contribution in [-0.2, 0) is 11.2 Å². The van der Waals surface area contributed by atoms with E-state index in [-0.39, 0.29) is 5.91 Å². The van der Waals surface area contributed by atoms with Crippen LogP contribution in [0.15, 0.2) is 18.2 Å². The second kappa shape index (κ2) is 4.65. The first kappa shape index (κ1) is 10.6. The van der Waals surface area contributed by atoms with Gasteiger partial charge in [0.05, 0.1) is 13.5 Å². The van der Waals surface area contributed by atoms with Gasteiger partial charge in [0.15, 0.2) is 0 Å². The van der Waals surface area contributed by atoms with Gasteiger partial charge < -0.3 is 9.64 Å². The van der Waals surface area contributed by atoms with Crippen LogP contribution in [0.4, 0.5) is 0 Å². The Morgan fingerprint density at radius 2 is 2.29 bits per heavy atom. The smallest absolute Gasteiger partial charge is 0.226 e. The summed E-state index contributed by atoms with van der Waals surface area (Å²) in [5.74, 6) is 0.743. The highest BCUT2D eigenvalue weighted by atomic mass is 16.5. The van der Waals surface area contributed by atoms with Gasteiger partial charge in [-0.25, -0.2) is 0 Å². The van der Waals surface area contributed by atoms with Gasteiger partial charge in [-0.05, 0) is 11.6 Å². The van der Waals surface area contributed by atoms with Gasteiger partial charge in [0.2, 0.25) is 5.91 Å². The fraction of sp³-hybridized carbons (Fsp3) is 0.364. The summed E-state index contributed by atoms with van der Waals surface area (Å²) in [5, 5.41) is 0. The fourth-order valence-electron chi connectivity index (χ4n) is 1.05. The molecule has 0 saturated carbocycles. The van der Waals surface area contributed by atoms with Crippen LogP contribution < -0.4 is 4.74 Å². The number of amides is 1. The SMILES string of the molecule is COc1[c]ccc(CC(=O)N(C)C)c1. The molecule has 1 aromatic rings. The van der Waals surface area contributed by atoms with Crippen LogP contribution in [0, 0.1) is 6.07 Å². The quantitative estimate of drug-likeness (QED) is 0.718. The molecule has 0 aromatic heterocycles. The number of nitrogens with zero attached hydrogens (tertiary/aromatic N) is 1. The van der Waals surface area contributed by atoms with Crippen molar-refractivity contribution in [2.45, 2.75) is 6.42 Å². The Bertz CT molecular complexity index is 321. The van der Waals surface area contributed by atoms with Gasteiger partial charge in [-0.15, -0.1) is 0 Å². The van der Waals surface area contributed by atoms with Crippen molar-refractivity contribution in [3.63, 3.8) is 0 Å². The molecule has 1 radical (unpaired) electrons. The maximum atomic E-state index is 11.4. The lowest BCUT2D eigenvalue weighted by molar-refractivity contribution is -0.127. The van der Waals surface area contributed by atoms with E-state index in [4.69, 9.17) is 4.74 Å². The molecule has 0 atom stereocenters. The van der Waals surface area contributed by atoms with Crippen molar-refractivity contribution < 1.29 is 9.53 Å². The topological polar surface area (TPSA) is 29.5 Å². The van der Waals surface area contributed by atoms with E-state index < -0.39 is 0 Å². The summed E-state index contributed by atoms with van der Waals surface area (Å²) in [6.07, 6.45) is 0.401. The predicted molar refractivity (Wildman–Crippen MR) is 54.2 cm³/mol. The van der Waals surface area contributed by atoms with Crippen LogP contribution in [0.1, 0.15) is 5.56 Å². The van der Waals surface area contributed by atoms with Crippen LogP contribution in [0.25, 0.3) is 0 Å². The molecule has 75 valence electrons. The number of ether oxygens (including phenoxy) is 1. The Kier molecular flexibility index (Phi) is 3.51. The largest absolute Gasteiger partial charge is 0.496 e. The van der Waals surface area contributed by atoms with Gasteiger partial charge in [0.1, 0.15) is 5.75 Å². The van der Waals surface area contributed by atoms with Crippen LogP contribution in [0.5, 0.6) is 5.75 Å². The zero-order chi connectivity index (χ0) is 10.6. The van der Waals surface area contributed by atoms with Crippen molar-refractivity contribution in [1.82, 2.24) is 4.90 Å². The molecule has 0 heterocycles. The number of carbonyl (C=O) groups is 1. The normalized spacial score (nSPS) is 9.64. The zero-order valence-electron chi connectivity index (χ0n) is 8.70. The summed E-state index contributed by atoms with van der Waals surface area (Å²) in [7, 11) is 5.08. The molecule has 0 spiro atoms. The van der Waals surface area contributed by atoms with Crippen molar-refractivity contribution in [3.8, 4) is 5.75 Å². The second-order valence-electron chi connectivity index (χ2n) is 3.23. The highest BCUT2D eigenvalue weighted by molar-refractivity contribution is 5.78. The van der Waals surface area contributed by atoms with Gasteiger partial charge in [-0.2, -0.15) is 0 Å². The zero-order valence-corrected chi connectivity index (χ0v) is 8.70. The van der Waals surface area contributed by atoms with Gasteiger partial charge in [0.25, 0.3) is 0 Å². The summed E-state index contributed by atoms with van der Waals surface area (Å²) in [4.78, 5) is 13.0.